The van der Waals surface area contributed by atoms with Crippen LogP contribution in [0.15, 0.2) is 54.6 Å². The highest BCUT2D eigenvalue weighted by atomic mass is 35.5. The number of halogens is 1. The van der Waals surface area contributed by atoms with Crippen molar-refractivity contribution in [3.05, 3.63) is 70.7 Å². The minimum Gasteiger partial charge on any atom is -0.423 e. The highest BCUT2D eigenvalue weighted by Gasteiger charge is 2.27. The maximum absolute atomic E-state index is 9.78. The number of hydrogen-bond acceptors (Lipinski definition) is 3. The summed E-state index contributed by atoms with van der Waals surface area (Å²) >= 11 is 6.39. The Balaban J connectivity index is 1.57. The Morgan fingerprint density at radius 2 is 1.87 bits per heavy atom. The molecule has 0 amide bonds. The van der Waals surface area contributed by atoms with E-state index < -0.39 is 7.12 Å². The van der Waals surface area contributed by atoms with Crippen LogP contribution in [0.1, 0.15) is 11.1 Å². The number of benzene rings is 3. The van der Waals surface area contributed by atoms with Crippen molar-refractivity contribution in [3.63, 3.8) is 0 Å². The molecule has 3 aromatic rings. The smallest absolute Gasteiger partial charge is 0.423 e. The van der Waals surface area contributed by atoms with Gasteiger partial charge < -0.3 is 15.0 Å². The summed E-state index contributed by atoms with van der Waals surface area (Å²) in [5.41, 5.74) is 3.85. The van der Waals surface area contributed by atoms with Crippen molar-refractivity contribution in [2.45, 2.75) is 13.2 Å². The molecule has 114 valence electrons. The molecule has 0 radical (unpaired) electrons. The minimum atomic E-state index is -0.823. The lowest BCUT2D eigenvalue weighted by Gasteiger charge is -2.11. The van der Waals surface area contributed by atoms with Crippen LogP contribution < -0.4 is 10.8 Å². The monoisotopic (exact) mass is 323 g/mol. The van der Waals surface area contributed by atoms with Crippen molar-refractivity contribution in [2.75, 3.05) is 5.32 Å². The van der Waals surface area contributed by atoms with Gasteiger partial charge in [0.15, 0.2) is 0 Å². The van der Waals surface area contributed by atoms with Crippen LogP contribution in [0, 0.1) is 0 Å². The summed E-state index contributed by atoms with van der Waals surface area (Å²) in [5.74, 6) is 0. The van der Waals surface area contributed by atoms with E-state index in [1.54, 1.807) is 0 Å². The fourth-order valence-corrected chi connectivity index (χ4v) is 3.16. The zero-order valence-corrected chi connectivity index (χ0v) is 13.2. The molecule has 0 saturated carbocycles. The summed E-state index contributed by atoms with van der Waals surface area (Å²) in [6.45, 7) is 1.09. The molecule has 0 spiro atoms. The third-order valence-electron chi connectivity index (χ3n) is 4.21. The lowest BCUT2D eigenvalue weighted by atomic mass is 9.79. The van der Waals surface area contributed by atoms with Crippen LogP contribution in [0.4, 0.5) is 5.69 Å². The summed E-state index contributed by atoms with van der Waals surface area (Å²) < 4.78 is 5.22. The first-order chi connectivity index (χ1) is 11.2. The molecule has 0 aliphatic carbocycles. The van der Waals surface area contributed by atoms with E-state index in [2.05, 4.69) is 23.5 Å². The van der Waals surface area contributed by atoms with Crippen LogP contribution >= 0.6 is 11.6 Å². The summed E-state index contributed by atoms with van der Waals surface area (Å²) in [4.78, 5) is 0. The van der Waals surface area contributed by atoms with E-state index in [0.29, 0.717) is 13.2 Å². The van der Waals surface area contributed by atoms with E-state index in [9.17, 15) is 5.02 Å². The second-order valence-corrected chi connectivity index (χ2v) is 6.13. The van der Waals surface area contributed by atoms with E-state index in [1.165, 1.54) is 5.39 Å². The van der Waals surface area contributed by atoms with Gasteiger partial charge in [0.25, 0.3) is 0 Å². The highest BCUT2D eigenvalue weighted by Crippen LogP contribution is 2.25. The van der Waals surface area contributed by atoms with Crippen LogP contribution in [-0.4, -0.2) is 12.1 Å². The molecular formula is C18H15BClNO2. The molecule has 23 heavy (non-hydrogen) atoms. The molecule has 4 rings (SSSR count). The van der Waals surface area contributed by atoms with E-state index >= 15 is 0 Å². The first-order valence-corrected chi connectivity index (χ1v) is 7.92. The second-order valence-electron chi connectivity index (χ2n) is 5.72. The number of anilines is 1. The van der Waals surface area contributed by atoms with Crippen LogP contribution in [0.3, 0.4) is 0 Å². The molecule has 1 aliphatic heterocycles. The van der Waals surface area contributed by atoms with Gasteiger partial charge in [0.05, 0.1) is 6.61 Å². The van der Waals surface area contributed by atoms with E-state index in [4.69, 9.17) is 16.3 Å². The van der Waals surface area contributed by atoms with Crippen molar-refractivity contribution in [1.82, 2.24) is 0 Å². The van der Waals surface area contributed by atoms with E-state index in [-0.39, 0.29) is 0 Å². The van der Waals surface area contributed by atoms with Gasteiger partial charge in [-0.05, 0) is 51.6 Å². The van der Waals surface area contributed by atoms with E-state index in [0.717, 1.165) is 32.7 Å². The molecule has 0 atom stereocenters. The fourth-order valence-electron chi connectivity index (χ4n) is 2.92. The molecule has 3 nitrogen and oxygen atoms in total. The van der Waals surface area contributed by atoms with Gasteiger partial charge in [-0.3, -0.25) is 0 Å². The topological polar surface area (TPSA) is 41.5 Å². The van der Waals surface area contributed by atoms with Crippen molar-refractivity contribution in [3.8, 4) is 0 Å². The number of nitrogens with one attached hydrogen (secondary N) is 1. The lowest BCUT2D eigenvalue weighted by molar-refractivity contribution is 0.275. The molecule has 5 heteroatoms. The zero-order valence-electron chi connectivity index (χ0n) is 12.4. The molecule has 0 bridgehead atoms. The zero-order chi connectivity index (χ0) is 15.8. The molecule has 2 N–H and O–H groups in total. The second kappa shape index (κ2) is 5.89. The van der Waals surface area contributed by atoms with Gasteiger partial charge >= 0.3 is 7.12 Å². The predicted octanol–water partition coefficient (Wildman–Crippen LogP) is 3.32. The van der Waals surface area contributed by atoms with Crippen LogP contribution in [-0.2, 0) is 17.8 Å². The van der Waals surface area contributed by atoms with Crippen molar-refractivity contribution < 1.29 is 9.68 Å². The lowest BCUT2D eigenvalue weighted by Crippen LogP contribution is -2.28. The fraction of sp³-hybridized carbons (Fsp3) is 0.111. The average molecular weight is 324 g/mol. The quantitative estimate of drug-likeness (QED) is 0.727. The largest absolute Gasteiger partial charge is 0.491 e. The van der Waals surface area contributed by atoms with Gasteiger partial charge in [-0.1, -0.05) is 41.9 Å². The Bertz CT molecular complexity index is 884. The average Bonchev–Trinajstić information content (AvgIpc) is 2.94. The van der Waals surface area contributed by atoms with Gasteiger partial charge in [0.1, 0.15) is 0 Å². The van der Waals surface area contributed by atoms with Gasteiger partial charge in [-0.15, -0.1) is 0 Å². The number of fused-ring (bicyclic) bond motifs is 2. The summed E-state index contributed by atoms with van der Waals surface area (Å²) in [6.07, 6.45) is 0. The third kappa shape index (κ3) is 2.81. The highest BCUT2D eigenvalue weighted by molar-refractivity contribution is 6.61. The Morgan fingerprint density at radius 1 is 1.09 bits per heavy atom. The Labute approximate surface area is 140 Å². The van der Waals surface area contributed by atoms with Gasteiger partial charge in [-0.2, -0.15) is 0 Å². The molecule has 1 heterocycles. The predicted molar refractivity (Wildman–Crippen MR) is 95.1 cm³/mol. The molecule has 0 saturated heterocycles. The number of hydrogen-bond donors (Lipinski definition) is 2. The van der Waals surface area contributed by atoms with Crippen LogP contribution in [0.5, 0.6) is 0 Å². The molecule has 0 aromatic heterocycles. The normalized spacial score (nSPS) is 13.4. The standard InChI is InChI=1S/C18H15BClNO2/c20-18-8-13-4-2-1-3-12(13)7-15(18)10-21-16-6-5-14-11-23-19(22)17(14)9-16/h1-9,21-22H,10-11H2. The maximum Gasteiger partial charge on any atom is 0.491 e. The Morgan fingerprint density at radius 3 is 2.70 bits per heavy atom. The Hall–Kier alpha value is -2.01. The van der Waals surface area contributed by atoms with Crippen LogP contribution in [0.25, 0.3) is 10.8 Å². The van der Waals surface area contributed by atoms with Crippen LogP contribution in [0.2, 0.25) is 5.02 Å². The SMILES string of the molecule is OB1OCc2ccc(NCc3cc4ccccc4cc3Cl)cc21. The van der Waals surface area contributed by atoms with Crippen molar-refractivity contribution in [1.29, 1.82) is 0 Å². The maximum atomic E-state index is 9.78. The minimum absolute atomic E-state index is 0.466. The molecule has 0 fully saturated rings. The van der Waals surface area contributed by atoms with Crippen molar-refractivity contribution in [2.24, 2.45) is 0 Å². The first-order valence-electron chi connectivity index (χ1n) is 7.54. The molecule has 0 unspecified atom stereocenters. The molecular weight excluding hydrogens is 308 g/mol. The summed E-state index contributed by atoms with van der Waals surface area (Å²) in [6, 6.07) is 18.2. The third-order valence-corrected chi connectivity index (χ3v) is 4.56. The molecule has 1 aliphatic rings. The summed E-state index contributed by atoms with van der Waals surface area (Å²) in [7, 11) is -0.823. The van der Waals surface area contributed by atoms with Gasteiger partial charge in [0, 0.05) is 17.3 Å². The summed E-state index contributed by atoms with van der Waals surface area (Å²) in [5, 5.41) is 16.2. The first kappa shape index (κ1) is 14.6. The Kier molecular flexibility index (Phi) is 3.73. The van der Waals surface area contributed by atoms with Crippen molar-refractivity contribution >= 4 is 40.6 Å². The van der Waals surface area contributed by atoms with Gasteiger partial charge in [-0.25, -0.2) is 0 Å². The molecule has 3 aromatic carbocycles. The number of rotatable bonds is 3. The van der Waals surface area contributed by atoms with Gasteiger partial charge in [0.2, 0.25) is 0 Å². The van der Waals surface area contributed by atoms with E-state index in [1.807, 2.05) is 36.4 Å².